The van der Waals surface area contributed by atoms with Crippen LogP contribution in [0.15, 0.2) is 60.7 Å². The van der Waals surface area contributed by atoms with E-state index >= 15 is 0 Å². The van der Waals surface area contributed by atoms with Gasteiger partial charge in [0.15, 0.2) is 5.65 Å². The van der Waals surface area contributed by atoms with Crippen molar-refractivity contribution in [1.29, 1.82) is 0 Å². The van der Waals surface area contributed by atoms with Crippen LogP contribution in [0.4, 0.5) is 0 Å². The lowest BCUT2D eigenvalue weighted by molar-refractivity contribution is 0.0371. The van der Waals surface area contributed by atoms with Gasteiger partial charge in [-0.1, -0.05) is 54.4 Å². The topological polar surface area (TPSA) is 63.1 Å². The lowest BCUT2D eigenvalue weighted by Gasteiger charge is -2.38. The molecule has 4 aromatic rings. The van der Waals surface area contributed by atoms with E-state index in [1.54, 1.807) is 0 Å². The zero-order valence-corrected chi connectivity index (χ0v) is 20.2. The molecule has 1 fully saturated rings. The quantitative estimate of drug-likeness (QED) is 0.436. The molecule has 2 aromatic carbocycles. The van der Waals surface area contributed by atoms with Gasteiger partial charge in [0.2, 0.25) is 0 Å². The van der Waals surface area contributed by atoms with Crippen LogP contribution >= 0.6 is 0 Å². The molecule has 0 radical (unpaired) electrons. The first-order chi connectivity index (χ1) is 16.4. The number of aryl methyl sites for hydroxylation is 2. The molecule has 0 bridgehead atoms. The van der Waals surface area contributed by atoms with Crippen molar-refractivity contribution in [2.24, 2.45) is 0 Å². The molecule has 0 aliphatic carbocycles. The summed E-state index contributed by atoms with van der Waals surface area (Å²) in [6.45, 7) is 8.36. The fourth-order valence-electron chi connectivity index (χ4n) is 4.91. The second-order valence-electron chi connectivity index (χ2n) is 9.43. The monoisotopic (exact) mass is 453 g/mol. The van der Waals surface area contributed by atoms with Crippen molar-refractivity contribution in [3.8, 4) is 16.9 Å². The molecule has 34 heavy (non-hydrogen) atoms. The van der Waals surface area contributed by atoms with Crippen LogP contribution in [-0.4, -0.2) is 37.8 Å². The van der Waals surface area contributed by atoms with Gasteiger partial charge >= 0.3 is 0 Å². The molecule has 2 atom stereocenters. The van der Waals surface area contributed by atoms with Gasteiger partial charge in [-0.05, 0) is 58.7 Å². The van der Waals surface area contributed by atoms with Crippen LogP contribution in [0.3, 0.4) is 0 Å². The van der Waals surface area contributed by atoms with E-state index in [2.05, 4.69) is 43.3 Å². The number of benzene rings is 2. The molecular formula is C28H31N5O. The maximum Gasteiger partial charge on any atom is 0.266 e. The van der Waals surface area contributed by atoms with Gasteiger partial charge in [0.05, 0.1) is 28.0 Å². The van der Waals surface area contributed by atoms with Crippen molar-refractivity contribution in [3.63, 3.8) is 0 Å². The Hall–Kier alpha value is -3.51. The third-order valence-corrected chi connectivity index (χ3v) is 6.83. The third kappa shape index (κ3) is 4.10. The van der Waals surface area contributed by atoms with E-state index in [9.17, 15) is 4.79 Å². The van der Waals surface area contributed by atoms with E-state index in [0.717, 1.165) is 40.9 Å². The van der Waals surface area contributed by atoms with E-state index in [-0.39, 0.29) is 5.91 Å². The first-order valence-corrected chi connectivity index (χ1v) is 12.0. The van der Waals surface area contributed by atoms with Crippen LogP contribution in [0, 0.1) is 13.8 Å². The van der Waals surface area contributed by atoms with E-state index in [0.29, 0.717) is 23.3 Å². The maximum atomic E-state index is 13.7. The molecule has 1 N–H and O–H groups in total. The van der Waals surface area contributed by atoms with Crippen molar-refractivity contribution in [2.75, 3.05) is 0 Å². The minimum Gasteiger partial charge on any atom is -0.284 e. The SMILES string of the molecule is Cc1ccc(-n2nc(C)c3c(C(=O)NN4[C@@H](C)CCC[C@@H]4C)cc(-c4ccccc4)nc32)cc1. The van der Waals surface area contributed by atoms with Crippen molar-refractivity contribution >= 4 is 16.9 Å². The smallest absolute Gasteiger partial charge is 0.266 e. The molecule has 6 nitrogen and oxygen atoms in total. The number of hydrogen-bond acceptors (Lipinski definition) is 4. The fraction of sp³-hybridized carbons (Fsp3) is 0.321. The van der Waals surface area contributed by atoms with Gasteiger partial charge < -0.3 is 0 Å². The largest absolute Gasteiger partial charge is 0.284 e. The number of pyridine rings is 1. The summed E-state index contributed by atoms with van der Waals surface area (Å²) in [6, 6.07) is 20.7. The number of nitrogens with one attached hydrogen (secondary N) is 1. The number of hydrazine groups is 1. The minimum atomic E-state index is -0.114. The van der Waals surface area contributed by atoms with Crippen LogP contribution < -0.4 is 5.43 Å². The molecule has 174 valence electrons. The van der Waals surface area contributed by atoms with E-state index in [1.807, 2.05) is 60.1 Å². The number of rotatable bonds is 4. The van der Waals surface area contributed by atoms with Crippen molar-refractivity contribution < 1.29 is 4.79 Å². The normalized spacial score (nSPS) is 18.8. The number of fused-ring (bicyclic) bond motifs is 1. The number of carbonyl (C=O) groups is 1. The summed E-state index contributed by atoms with van der Waals surface area (Å²) in [7, 11) is 0. The second-order valence-corrected chi connectivity index (χ2v) is 9.43. The molecule has 5 rings (SSSR count). The van der Waals surface area contributed by atoms with Gasteiger partial charge in [-0.3, -0.25) is 10.2 Å². The Morgan fingerprint density at radius 1 is 0.971 bits per heavy atom. The Balaban J connectivity index is 1.67. The van der Waals surface area contributed by atoms with Crippen molar-refractivity contribution in [3.05, 3.63) is 77.5 Å². The summed E-state index contributed by atoms with van der Waals surface area (Å²) in [5.41, 5.74) is 9.12. The first kappa shape index (κ1) is 22.3. The fourth-order valence-corrected chi connectivity index (χ4v) is 4.91. The van der Waals surface area contributed by atoms with Gasteiger partial charge in [-0.15, -0.1) is 0 Å². The molecular weight excluding hydrogens is 422 g/mol. The molecule has 1 aliphatic heterocycles. The number of aromatic nitrogens is 3. The van der Waals surface area contributed by atoms with Gasteiger partial charge in [-0.2, -0.15) is 5.10 Å². The Morgan fingerprint density at radius 3 is 2.32 bits per heavy atom. The van der Waals surface area contributed by atoms with Crippen LogP contribution in [0.1, 0.15) is 54.7 Å². The molecule has 1 amide bonds. The highest BCUT2D eigenvalue weighted by molar-refractivity contribution is 6.07. The molecule has 6 heteroatoms. The lowest BCUT2D eigenvalue weighted by atomic mass is 9.99. The number of carbonyl (C=O) groups excluding carboxylic acids is 1. The van der Waals surface area contributed by atoms with Crippen LogP contribution in [-0.2, 0) is 0 Å². The average molecular weight is 454 g/mol. The molecule has 0 saturated carbocycles. The Bertz CT molecular complexity index is 1320. The lowest BCUT2D eigenvalue weighted by Crippen LogP contribution is -2.54. The summed E-state index contributed by atoms with van der Waals surface area (Å²) in [5, 5.41) is 7.70. The predicted molar refractivity (Wildman–Crippen MR) is 136 cm³/mol. The maximum absolute atomic E-state index is 13.7. The average Bonchev–Trinajstić information content (AvgIpc) is 3.18. The molecule has 2 aromatic heterocycles. The summed E-state index contributed by atoms with van der Waals surface area (Å²) < 4.78 is 1.85. The second kappa shape index (κ2) is 9.03. The standard InChI is InChI=1S/C28H31N5O/c1-18-13-15-23(16-14-18)33-27-26(21(4)30-33)24(17-25(29-27)22-11-6-5-7-12-22)28(34)31-32-19(2)9-8-10-20(32)3/h5-7,11-17,19-20H,8-10H2,1-4H3,(H,31,34)/t19-,20-/m0/s1. The summed E-state index contributed by atoms with van der Waals surface area (Å²) in [5.74, 6) is -0.114. The highest BCUT2D eigenvalue weighted by atomic mass is 16.2. The van der Waals surface area contributed by atoms with Gasteiger partial charge in [0, 0.05) is 17.6 Å². The summed E-state index contributed by atoms with van der Waals surface area (Å²) in [4.78, 5) is 18.7. The Morgan fingerprint density at radius 2 is 1.65 bits per heavy atom. The highest BCUT2D eigenvalue weighted by Crippen LogP contribution is 2.29. The highest BCUT2D eigenvalue weighted by Gasteiger charge is 2.28. The van der Waals surface area contributed by atoms with Crippen molar-refractivity contribution in [2.45, 2.75) is 59.0 Å². The number of hydrogen-bond donors (Lipinski definition) is 1. The molecule has 0 spiro atoms. The molecule has 1 aliphatic rings. The van der Waals surface area contributed by atoms with Gasteiger partial charge in [0.1, 0.15) is 0 Å². The number of piperidine rings is 1. The molecule has 0 unspecified atom stereocenters. The Kier molecular flexibility index (Phi) is 5.92. The summed E-state index contributed by atoms with van der Waals surface area (Å²) >= 11 is 0. The molecule has 1 saturated heterocycles. The molecule has 3 heterocycles. The van der Waals surface area contributed by atoms with E-state index in [4.69, 9.17) is 10.1 Å². The summed E-state index contributed by atoms with van der Waals surface area (Å²) in [6.07, 6.45) is 3.35. The zero-order chi connectivity index (χ0) is 23.8. The Labute approximate surface area is 200 Å². The van der Waals surface area contributed by atoms with Gasteiger partial charge in [-0.25, -0.2) is 14.7 Å². The third-order valence-electron chi connectivity index (χ3n) is 6.83. The predicted octanol–water partition coefficient (Wildman–Crippen LogP) is 5.61. The number of nitrogens with zero attached hydrogens (tertiary/aromatic N) is 4. The van der Waals surface area contributed by atoms with E-state index < -0.39 is 0 Å². The van der Waals surface area contributed by atoms with Gasteiger partial charge in [0.25, 0.3) is 5.91 Å². The zero-order valence-electron chi connectivity index (χ0n) is 20.2. The van der Waals surface area contributed by atoms with Crippen molar-refractivity contribution in [1.82, 2.24) is 25.2 Å². The first-order valence-electron chi connectivity index (χ1n) is 12.0. The van der Waals surface area contributed by atoms with E-state index in [1.165, 1.54) is 12.0 Å². The minimum absolute atomic E-state index is 0.114. The van der Waals surface area contributed by atoms with Crippen LogP contribution in [0.25, 0.3) is 28.0 Å². The number of amides is 1. The van der Waals surface area contributed by atoms with Crippen LogP contribution in [0.2, 0.25) is 0 Å². The van der Waals surface area contributed by atoms with Crippen LogP contribution in [0.5, 0.6) is 0 Å².